The second-order valence-corrected chi connectivity index (χ2v) is 5.84. The molecule has 1 amide bonds. The van der Waals surface area contributed by atoms with Crippen LogP contribution < -0.4 is 24.8 Å². The third-order valence-corrected chi connectivity index (χ3v) is 4.01. The fourth-order valence-electron chi connectivity index (χ4n) is 2.60. The minimum absolute atomic E-state index is 0.240. The number of benzene rings is 1. The summed E-state index contributed by atoms with van der Waals surface area (Å²) in [5.74, 6) is 1.40. The Kier molecular flexibility index (Phi) is 6.41. The number of rotatable bonds is 8. The van der Waals surface area contributed by atoms with Crippen LogP contribution in [0.5, 0.6) is 17.2 Å². The molecule has 150 valence electrons. The molecular formula is C20H21N5O4. The van der Waals surface area contributed by atoms with Gasteiger partial charge in [0.05, 0.1) is 21.3 Å². The molecule has 9 heteroatoms. The lowest BCUT2D eigenvalue weighted by Crippen LogP contribution is -2.24. The van der Waals surface area contributed by atoms with Gasteiger partial charge in [0, 0.05) is 43.0 Å². The van der Waals surface area contributed by atoms with Crippen molar-refractivity contribution in [3.05, 3.63) is 60.2 Å². The number of amides is 1. The Morgan fingerprint density at radius 1 is 0.966 bits per heavy atom. The highest BCUT2D eigenvalue weighted by molar-refractivity contribution is 5.92. The summed E-state index contributed by atoms with van der Waals surface area (Å²) >= 11 is 0. The van der Waals surface area contributed by atoms with Crippen LogP contribution in [0.3, 0.4) is 0 Å². The summed E-state index contributed by atoms with van der Waals surface area (Å²) in [7, 11) is 4.60. The van der Waals surface area contributed by atoms with Gasteiger partial charge in [0.25, 0.3) is 5.91 Å². The van der Waals surface area contributed by atoms with E-state index in [-0.39, 0.29) is 17.5 Å². The van der Waals surface area contributed by atoms with Gasteiger partial charge in [0.1, 0.15) is 5.69 Å². The molecule has 0 aliphatic carbocycles. The van der Waals surface area contributed by atoms with E-state index < -0.39 is 0 Å². The maximum Gasteiger partial charge on any atom is 0.270 e. The molecule has 0 radical (unpaired) electrons. The van der Waals surface area contributed by atoms with E-state index in [0.717, 1.165) is 5.56 Å². The van der Waals surface area contributed by atoms with Crippen molar-refractivity contribution in [3.63, 3.8) is 0 Å². The van der Waals surface area contributed by atoms with Crippen LogP contribution in [0.25, 0.3) is 0 Å². The Morgan fingerprint density at radius 2 is 1.66 bits per heavy atom. The molecule has 2 aromatic heterocycles. The number of anilines is 2. The molecule has 0 bridgehead atoms. The van der Waals surface area contributed by atoms with E-state index in [4.69, 9.17) is 14.2 Å². The zero-order valence-electron chi connectivity index (χ0n) is 16.3. The van der Waals surface area contributed by atoms with E-state index in [9.17, 15) is 4.79 Å². The van der Waals surface area contributed by atoms with Crippen LogP contribution in [0.2, 0.25) is 0 Å². The zero-order valence-corrected chi connectivity index (χ0v) is 16.3. The first-order valence-corrected chi connectivity index (χ1v) is 8.71. The Hall–Kier alpha value is -3.88. The average molecular weight is 395 g/mol. The molecule has 0 fully saturated rings. The lowest BCUT2D eigenvalue weighted by Gasteiger charge is -2.14. The minimum Gasteiger partial charge on any atom is -0.493 e. The van der Waals surface area contributed by atoms with Gasteiger partial charge in [-0.2, -0.15) is 0 Å². The number of carbonyl (C=O) groups excluding carboxylic acids is 1. The number of nitrogens with one attached hydrogen (secondary N) is 2. The molecule has 3 rings (SSSR count). The van der Waals surface area contributed by atoms with Crippen molar-refractivity contribution in [1.82, 2.24) is 20.3 Å². The molecule has 0 spiro atoms. The number of hydrogen-bond donors (Lipinski definition) is 2. The van der Waals surface area contributed by atoms with Crippen LogP contribution in [0.1, 0.15) is 16.1 Å². The van der Waals surface area contributed by atoms with Crippen LogP contribution in [0.15, 0.2) is 48.9 Å². The van der Waals surface area contributed by atoms with Crippen LogP contribution in [0.4, 0.5) is 11.6 Å². The highest BCUT2D eigenvalue weighted by Gasteiger charge is 2.14. The number of ether oxygens (including phenoxy) is 3. The van der Waals surface area contributed by atoms with Gasteiger partial charge in [-0.1, -0.05) is 0 Å². The highest BCUT2D eigenvalue weighted by Crippen LogP contribution is 2.40. The van der Waals surface area contributed by atoms with Crippen molar-refractivity contribution < 1.29 is 19.0 Å². The van der Waals surface area contributed by atoms with Gasteiger partial charge in [0.2, 0.25) is 11.7 Å². The lowest BCUT2D eigenvalue weighted by molar-refractivity contribution is 0.0946. The van der Waals surface area contributed by atoms with Gasteiger partial charge in [-0.05, 0) is 23.8 Å². The molecule has 2 heterocycles. The first-order valence-electron chi connectivity index (χ1n) is 8.71. The van der Waals surface area contributed by atoms with Crippen molar-refractivity contribution in [2.24, 2.45) is 0 Å². The van der Waals surface area contributed by atoms with Crippen molar-refractivity contribution >= 4 is 17.5 Å². The Labute approximate surface area is 168 Å². The standard InChI is InChI=1S/C20H21N5O4/c1-27-16-10-14(11-17(28-2)18(16)29-3)24-20-22-9-6-15(25-20)19(26)23-12-13-4-7-21-8-5-13/h4-11H,12H2,1-3H3,(H,23,26)(H,22,24,25). The summed E-state index contributed by atoms with van der Waals surface area (Å²) in [5.41, 5.74) is 1.80. The summed E-state index contributed by atoms with van der Waals surface area (Å²) in [6, 6.07) is 8.65. The van der Waals surface area contributed by atoms with Gasteiger partial charge in [-0.25, -0.2) is 9.97 Å². The van der Waals surface area contributed by atoms with Crippen LogP contribution in [-0.4, -0.2) is 42.2 Å². The van der Waals surface area contributed by atoms with E-state index in [0.29, 0.717) is 29.5 Å². The quantitative estimate of drug-likeness (QED) is 0.599. The van der Waals surface area contributed by atoms with Crippen LogP contribution >= 0.6 is 0 Å². The summed E-state index contributed by atoms with van der Waals surface area (Å²) in [4.78, 5) is 24.8. The zero-order chi connectivity index (χ0) is 20.6. The van der Waals surface area contributed by atoms with Crippen molar-refractivity contribution in [1.29, 1.82) is 0 Å². The molecular weight excluding hydrogens is 374 g/mol. The second-order valence-electron chi connectivity index (χ2n) is 5.84. The number of aromatic nitrogens is 3. The summed E-state index contributed by atoms with van der Waals surface area (Å²) in [6.45, 7) is 0.376. The summed E-state index contributed by atoms with van der Waals surface area (Å²) in [6.07, 6.45) is 4.85. The molecule has 0 unspecified atom stereocenters. The topological polar surface area (TPSA) is 107 Å². The smallest absolute Gasteiger partial charge is 0.270 e. The second kappa shape index (κ2) is 9.36. The predicted molar refractivity (Wildman–Crippen MR) is 107 cm³/mol. The fourth-order valence-corrected chi connectivity index (χ4v) is 2.60. The molecule has 0 saturated carbocycles. The maximum atomic E-state index is 12.4. The van der Waals surface area contributed by atoms with E-state index in [2.05, 4.69) is 25.6 Å². The van der Waals surface area contributed by atoms with Crippen LogP contribution in [-0.2, 0) is 6.54 Å². The van der Waals surface area contributed by atoms with E-state index in [1.807, 2.05) is 12.1 Å². The van der Waals surface area contributed by atoms with Crippen molar-refractivity contribution in [2.45, 2.75) is 6.54 Å². The maximum absolute atomic E-state index is 12.4. The Balaban J connectivity index is 1.75. The third-order valence-electron chi connectivity index (χ3n) is 4.01. The first kappa shape index (κ1) is 19.9. The van der Waals surface area contributed by atoms with E-state index in [1.165, 1.54) is 27.5 Å². The van der Waals surface area contributed by atoms with Crippen molar-refractivity contribution in [3.8, 4) is 17.2 Å². The van der Waals surface area contributed by atoms with Gasteiger partial charge in [-0.15, -0.1) is 0 Å². The number of pyridine rings is 1. The predicted octanol–water partition coefficient (Wildman–Crippen LogP) is 2.57. The number of hydrogen-bond acceptors (Lipinski definition) is 8. The molecule has 0 aliphatic heterocycles. The van der Waals surface area contributed by atoms with E-state index >= 15 is 0 Å². The molecule has 29 heavy (non-hydrogen) atoms. The van der Waals surface area contributed by atoms with Gasteiger partial charge >= 0.3 is 0 Å². The molecule has 0 atom stereocenters. The molecule has 9 nitrogen and oxygen atoms in total. The largest absolute Gasteiger partial charge is 0.493 e. The molecule has 0 aliphatic rings. The Morgan fingerprint density at radius 3 is 2.28 bits per heavy atom. The van der Waals surface area contributed by atoms with Crippen LogP contribution in [0, 0.1) is 0 Å². The third kappa shape index (κ3) is 4.89. The van der Waals surface area contributed by atoms with Gasteiger partial charge < -0.3 is 24.8 Å². The number of nitrogens with zero attached hydrogens (tertiary/aromatic N) is 3. The Bertz CT molecular complexity index is 957. The van der Waals surface area contributed by atoms with Gasteiger partial charge in [-0.3, -0.25) is 9.78 Å². The van der Waals surface area contributed by atoms with Gasteiger partial charge in [0.15, 0.2) is 11.5 Å². The minimum atomic E-state index is -0.308. The number of carbonyl (C=O) groups is 1. The normalized spacial score (nSPS) is 10.2. The summed E-state index contributed by atoms with van der Waals surface area (Å²) < 4.78 is 16.0. The molecule has 2 N–H and O–H groups in total. The van der Waals surface area contributed by atoms with Crippen molar-refractivity contribution in [2.75, 3.05) is 26.6 Å². The summed E-state index contributed by atoms with van der Waals surface area (Å²) in [5, 5.41) is 5.86. The average Bonchev–Trinajstić information content (AvgIpc) is 2.77. The highest BCUT2D eigenvalue weighted by atomic mass is 16.5. The number of methoxy groups -OCH3 is 3. The molecule has 1 aromatic carbocycles. The first-order chi connectivity index (χ1) is 14.1. The molecule has 3 aromatic rings. The SMILES string of the molecule is COc1cc(Nc2nccc(C(=O)NCc3ccncc3)n2)cc(OC)c1OC. The molecule has 0 saturated heterocycles. The van der Waals surface area contributed by atoms with E-state index in [1.54, 1.807) is 30.6 Å². The monoisotopic (exact) mass is 395 g/mol. The fraction of sp³-hybridized carbons (Fsp3) is 0.200. The lowest BCUT2D eigenvalue weighted by atomic mass is 10.2.